The van der Waals surface area contributed by atoms with E-state index in [1.54, 1.807) is 7.11 Å². The summed E-state index contributed by atoms with van der Waals surface area (Å²) in [5, 5.41) is 0. The average Bonchev–Trinajstić information content (AvgIpc) is 2.97. The highest BCUT2D eigenvalue weighted by atomic mass is 16.5. The molecule has 1 fully saturated rings. The van der Waals surface area contributed by atoms with E-state index >= 15 is 0 Å². The van der Waals surface area contributed by atoms with Crippen molar-refractivity contribution in [2.75, 3.05) is 24.3 Å². The number of nitrogens with two attached hydrogens (primary N) is 1. The molecule has 1 aliphatic heterocycles. The van der Waals surface area contributed by atoms with Crippen LogP contribution in [-0.2, 0) is 0 Å². The highest BCUT2D eigenvalue weighted by Gasteiger charge is 2.26. The van der Waals surface area contributed by atoms with Crippen molar-refractivity contribution in [1.29, 1.82) is 0 Å². The first kappa shape index (κ1) is 12.8. The number of nitrogen functional groups attached to an aromatic ring is 1. The van der Waals surface area contributed by atoms with Crippen LogP contribution in [0.1, 0.15) is 24.4 Å². The second-order valence-electron chi connectivity index (χ2n) is 5.10. The van der Waals surface area contributed by atoms with Crippen molar-refractivity contribution in [2.45, 2.75) is 18.9 Å². The fourth-order valence-corrected chi connectivity index (χ4v) is 2.88. The third kappa shape index (κ3) is 2.41. The smallest absolute Gasteiger partial charge is 0.122 e. The summed E-state index contributed by atoms with van der Waals surface area (Å²) < 4.78 is 5.32. The number of benzene rings is 1. The van der Waals surface area contributed by atoms with E-state index in [2.05, 4.69) is 16.0 Å². The molecule has 1 aromatic heterocycles. The molecule has 104 valence electrons. The fraction of sp³-hybridized carbons (Fsp3) is 0.312. The van der Waals surface area contributed by atoms with Gasteiger partial charge in [-0.25, -0.2) is 0 Å². The van der Waals surface area contributed by atoms with Crippen molar-refractivity contribution in [3.05, 3.63) is 48.3 Å². The van der Waals surface area contributed by atoms with Crippen molar-refractivity contribution in [3.8, 4) is 5.75 Å². The minimum Gasteiger partial charge on any atom is -0.497 e. The van der Waals surface area contributed by atoms with Crippen LogP contribution in [0.25, 0.3) is 0 Å². The SMILES string of the molecule is COc1cc(N)cc(N2CCCC2c2cccnc2)c1. The van der Waals surface area contributed by atoms with Gasteiger partial charge in [0, 0.05) is 42.4 Å². The Labute approximate surface area is 119 Å². The van der Waals surface area contributed by atoms with Crippen LogP contribution in [-0.4, -0.2) is 18.6 Å². The maximum absolute atomic E-state index is 5.97. The standard InChI is InChI=1S/C16H19N3O/c1-20-15-9-13(17)8-14(10-15)19-7-3-5-16(19)12-4-2-6-18-11-12/h2,4,6,8-11,16H,3,5,7,17H2,1H3. The molecule has 2 heterocycles. The van der Waals surface area contributed by atoms with E-state index in [0.29, 0.717) is 6.04 Å². The second-order valence-corrected chi connectivity index (χ2v) is 5.10. The number of methoxy groups -OCH3 is 1. The molecule has 1 aromatic carbocycles. The normalized spacial score (nSPS) is 18.2. The molecule has 3 rings (SSSR count). The molecule has 1 unspecified atom stereocenters. The molecule has 0 bridgehead atoms. The maximum Gasteiger partial charge on any atom is 0.122 e. The summed E-state index contributed by atoms with van der Waals surface area (Å²) in [7, 11) is 1.67. The molecule has 0 saturated carbocycles. The quantitative estimate of drug-likeness (QED) is 0.870. The van der Waals surface area contributed by atoms with Gasteiger partial charge < -0.3 is 15.4 Å². The molecule has 20 heavy (non-hydrogen) atoms. The summed E-state index contributed by atoms with van der Waals surface area (Å²) in [5.74, 6) is 0.803. The molecule has 2 N–H and O–H groups in total. The summed E-state index contributed by atoms with van der Waals surface area (Å²) >= 11 is 0. The summed E-state index contributed by atoms with van der Waals surface area (Å²) in [4.78, 5) is 6.62. The summed E-state index contributed by atoms with van der Waals surface area (Å²) in [6, 6.07) is 10.4. The molecular weight excluding hydrogens is 250 g/mol. The Kier molecular flexibility index (Phi) is 3.46. The maximum atomic E-state index is 5.97. The summed E-state index contributed by atoms with van der Waals surface area (Å²) in [6.07, 6.45) is 6.08. The van der Waals surface area contributed by atoms with Crippen LogP contribution in [0.4, 0.5) is 11.4 Å². The van der Waals surface area contributed by atoms with Gasteiger partial charge in [-0.1, -0.05) is 6.07 Å². The lowest BCUT2D eigenvalue weighted by molar-refractivity contribution is 0.415. The van der Waals surface area contributed by atoms with E-state index in [-0.39, 0.29) is 0 Å². The lowest BCUT2D eigenvalue weighted by Gasteiger charge is -2.27. The van der Waals surface area contributed by atoms with Crippen LogP contribution in [0.3, 0.4) is 0 Å². The molecule has 4 heteroatoms. The van der Waals surface area contributed by atoms with Gasteiger partial charge in [-0.3, -0.25) is 4.98 Å². The highest BCUT2D eigenvalue weighted by molar-refractivity contribution is 5.62. The minimum absolute atomic E-state index is 0.371. The summed E-state index contributed by atoms with van der Waals surface area (Å²) in [6.45, 7) is 1.03. The second kappa shape index (κ2) is 5.41. The monoisotopic (exact) mass is 269 g/mol. The molecule has 1 atom stereocenters. The van der Waals surface area contributed by atoms with E-state index in [1.807, 2.05) is 36.7 Å². The van der Waals surface area contributed by atoms with Crippen molar-refractivity contribution >= 4 is 11.4 Å². The molecular formula is C16H19N3O. The van der Waals surface area contributed by atoms with Crippen LogP contribution >= 0.6 is 0 Å². The number of rotatable bonds is 3. The van der Waals surface area contributed by atoms with E-state index in [4.69, 9.17) is 10.5 Å². The van der Waals surface area contributed by atoms with Crippen LogP contribution in [0, 0.1) is 0 Å². The zero-order valence-corrected chi connectivity index (χ0v) is 11.6. The van der Waals surface area contributed by atoms with E-state index < -0.39 is 0 Å². The number of anilines is 2. The van der Waals surface area contributed by atoms with Gasteiger partial charge in [0.2, 0.25) is 0 Å². The largest absolute Gasteiger partial charge is 0.497 e. The van der Waals surface area contributed by atoms with Crippen LogP contribution in [0.15, 0.2) is 42.7 Å². The number of pyridine rings is 1. The highest BCUT2D eigenvalue weighted by Crippen LogP contribution is 2.37. The Morgan fingerprint density at radius 1 is 1.35 bits per heavy atom. The predicted octanol–water partition coefficient (Wildman–Crippen LogP) is 3.01. The lowest BCUT2D eigenvalue weighted by atomic mass is 10.1. The van der Waals surface area contributed by atoms with Crippen molar-refractivity contribution in [2.24, 2.45) is 0 Å². The predicted molar refractivity (Wildman–Crippen MR) is 81.0 cm³/mol. The van der Waals surface area contributed by atoms with Gasteiger partial charge in [0.15, 0.2) is 0 Å². The molecule has 1 aliphatic rings. The van der Waals surface area contributed by atoms with Crippen LogP contribution < -0.4 is 15.4 Å². The third-order valence-corrected chi connectivity index (χ3v) is 3.80. The van der Waals surface area contributed by atoms with Gasteiger partial charge in [0.1, 0.15) is 5.75 Å². The number of hydrogen-bond acceptors (Lipinski definition) is 4. The first-order valence-corrected chi connectivity index (χ1v) is 6.89. The number of aromatic nitrogens is 1. The molecule has 4 nitrogen and oxygen atoms in total. The van der Waals surface area contributed by atoms with Gasteiger partial charge in [-0.15, -0.1) is 0 Å². The Balaban J connectivity index is 1.94. The number of nitrogens with zero attached hydrogens (tertiary/aromatic N) is 2. The van der Waals surface area contributed by atoms with Gasteiger partial charge in [-0.2, -0.15) is 0 Å². The zero-order chi connectivity index (χ0) is 13.9. The summed E-state index contributed by atoms with van der Waals surface area (Å²) in [5.41, 5.74) is 9.07. The topological polar surface area (TPSA) is 51.4 Å². The first-order valence-electron chi connectivity index (χ1n) is 6.89. The van der Waals surface area contributed by atoms with Gasteiger partial charge >= 0.3 is 0 Å². The number of ether oxygens (including phenoxy) is 1. The van der Waals surface area contributed by atoms with Gasteiger partial charge in [-0.05, 0) is 30.5 Å². The Morgan fingerprint density at radius 2 is 2.25 bits per heavy atom. The Morgan fingerprint density at radius 3 is 3.00 bits per heavy atom. The molecule has 0 amide bonds. The van der Waals surface area contributed by atoms with Crippen molar-refractivity contribution in [3.63, 3.8) is 0 Å². The van der Waals surface area contributed by atoms with E-state index in [9.17, 15) is 0 Å². The van der Waals surface area contributed by atoms with E-state index in [0.717, 1.165) is 30.1 Å². The minimum atomic E-state index is 0.371. The molecule has 1 saturated heterocycles. The lowest BCUT2D eigenvalue weighted by Crippen LogP contribution is -2.22. The Bertz CT molecular complexity index is 586. The molecule has 0 radical (unpaired) electrons. The number of hydrogen-bond donors (Lipinski definition) is 1. The average molecular weight is 269 g/mol. The van der Waals surface area contributed by atoms with Crippen molar-refractivity contribution in [1.82, 2.24) is 4.98 Å². The van der Waals surface area contributed by atoms with Crippen LogP contribution in [0.2, 0.25) is 0 Å². The van der Waals surface area contributed by atoms with E-state index in [1.165, 1.54) is 12.0 Å². The fourth-order valence-electron chi connectivity index (χ4n) is 2.88. The van der Waals surface area contributed by atoms with Crippen LogP contribution in [0.5, 0.6) is 5.75 Å². The molecule has 2 aromatic rings. The zero-order valence-electron chi connectivity index (χ0n) is 11.6. The van der Waals surface area contributed by atoms with Gasteiger partial charge in [0.05, 0.1) is 13.2 Å². The Hall–Kier alpha value is -2.23. The molecule has 0 aliphatic carbocycles. The first-order chi connectivity index (χ1) is 9.78. The molecule has 0 spiro atoms. The van der Waals surface area contributed by atoms with Gasteiger partial charge in [0.25, 0.3) is 0 Å². The third-order valence-electron chi connectivity index (χ3n) is 3.80. The van der Waals surface area contributed by atoms with Crippen molar-refractivity contribution < 1.29 is 4.74 Å².